The molecule has 15 heavy (non-hydrogen) atoms. The fourth-order valence-electron chi connectivity index (χ4n) is 1.62. The molecule has 2 aromatic rings. The number of anilines is 1. The monoisotopic (exact) mass is 218 g/mol. The molecule has 0 fully saturated rings. The molecule has 1 aromatic heterocycles. The largest absolute Gasteiger partial charge is 0.462 e. The maximum atomic E-state index is 5.43. The fourth-order valence-corrected chi connectivity index (χ4v) is 2.36. The Bertz CT molecular complexity index is 518. The number of furan rings is 1. The number of hydrogen-bond donors (Lipinski definition) is 1. The van der Waals surface area contributed by atoms with E-state index in [1.807, 2.05) is 24.3 Å². The van der Waals surface area contributed by atoms with Gasteiger partial charge in [-0.2, -0.15) is 0 Å². The summed E-state index contributed by atoms with van der Waals surface area (Å²) >= 11 is 1.75. The summed E-state index contributed by atoms with van der Waals surface area (Å²) in [5.41, 5.74) is 1.89. The SMILES string of the molecule is c1cc(NC2=NCCS2)c2occc2c1. The van der Waals surface area contributed by atoms with Crippen LogP contribution < -0.4 is 5.32 Å². The van der Waals surface area contributed by atoms with E-state index in [9.17, 15) is 0 Å². The fraction of sp³-hybridized carbons (Fsp3) is 0.182. The highest BCUT2D eigenvalue weighted by Gasteiger charge is 2.09. The Kier molecular flexibility index (Phi) is 2.14. The number of fused-ring (bicyclic) bond motifs is 1. The number of rotatable bonds is 1. The summed E-state index contributed by atoms with van der Waals surface area (Å²) in [6, 6.07) is 8.02. The molecule has 1 aromatic carbocycles. The summed E-state index contributed by atoms with van der Waals surface area (Å²) in [4.78, 5) is 4.35. The van der Waals surface area contributed by atoms with Crippen molar-refractivity contribution in [3.05, 3.63) is 30.5 Å². The first-order valence-corrected chi connectivity index (χ1v) is 5.82. The Labute approximate surface area is 91.6 Å². The Morgan fingerprint density at radius 1 is 1.33 bits per heavy atom. The number of amidine groups is 1. The molecule has 3 rings (SSSR count). The molecule has 3 nitrogen and oxygen atoms in total. The number of para-hydroxylation sites is 1. The van der Waals surface area contributed by atoms with Crippen LogP contribution in [0.5, 0.6) is 0 Å². The van der Waals surface area contributed by atoms with Gasteiger partial charge in [-0.15, -0.1) is 0 Å². The summed E-state index contributed by atoms with van der Waals surface area (Å²) in [6.45, 7) is 0.904. The topological polar surface area (TPSA) is 37.5 Å². The molecule has 76 valence electrons. The third kappa shape index (κ3) is 1.61. The van der Waals surface area contributed by atoms with E-state index in [-0.39, 0.29) is 0 Å². The average Bonchev–Trinajstić information content (AvgIpc) is 2.87. The maximum Gasteiger partial charge on any atom is 0.161 e. The molecule has 4 heteroatoms. The van der Waals surface area contributed by atoms with E-state index < -0.39 is 0 Å². The number of nitrogens with one attached hydrogen (secondary N) is 1. The van der Waals surface area contributed by atoms with E-state index in [2.05, 4.69) is 10.3 Å². The first-order valence-electron chi connectivity index (χ1n) is 4.84. The van der Waals surface area contributed by atoms with Gasteiger partial charge in [-0.05, 0) is 12.1 Å². The van der Waals surface area contributed by atoms with Crippen LogP contribution in [-0.4, -0.2) is 17.5 Å². The van der Waals surface area contributed by atoms with E-state index in [0.717, 1.165) is 34.1 Å². The van der Waals surface area contributed by atoms with Gasteiger partial charge in [0.1, 0.15) is 0 Å². The minimum Gasteiger partial charge on any atom is -0.462 e. The lowest BCUT2D eigenvalue weighted by atomic mass is 10.2. The molecule has 0 spiro atoms. The van der Waals surface area contributed by atoms with Crippen LogP contribution in [0.3, 0.4) is 0 Å². The van der Waals surface area contributed by atoms with Gasteiger partial charge in [0.15, 0.2) is 10.8 Å². The molecule has 1 aliphatic heterocycles. The van der Waals surface area contributed by atoms with Gasteiger partial charge in [-0.1, -0.05) is 23.9 Å². The van der Waals surface area contributed by atoms with Crippen molar-refractivity contribution in [3.8, 4) is 0 Å². The van der Waals surface area contributed by atoms with Crippen LogP contribution in [0.2, 0.25) is 0 Å². The predicted molar refractivity (Wildman–Crippen MR) is 64.6 cm³/mol. The van der Waals surface area contributed by atoms with Crippen LogP contribution in [0.4, 0.5) is 5.69 Å². The third-order valence-electron chi connectivity index (χ3n) is 2.31. The Morgan fingerprint density at radius 2 is 2.33 bits per heavy atom. The van der Waals surface area contributed by atoms with Crippen LogP contribution in [0, 0.1) is 0 Å². The van der Waals surface area contributed by atoms with E-state index in [1.165, 1.54) is 0 Å². The number of aliphatic imine (C=N–C) groups is 1. The number of nitrogens with zero attached hydrogens (tertiary/aromatic N) is 1. The zero-order chi connectivity index (χ0) is 10.1. The molecule has 0 radical (unpaired) electrons. The number of thioether (sulfide) groups is 1. The summed E-state index contributed by atoms with van der Waals surface area (Å²) in [7, 11) is 0. The van der Waals surface area contributed by atoms with E-state index in [4.69, 9.17) is 4.42 Å². The first kappa shape index (κ1) is 8.85. The lowest BCUT2D eigenvalue weighted by Gasteiger charge is -2.04. The second kappa shape index (κ2) is 3.62. The van der Waals surface area contributed by atoms with Crippen LogP contribution in [0.25, 0.3) is 11.0 Å². The van der Waals surface area contributed by atoms with Gasteiger partial charge in [-0.25, -0.2) is 0 Å². The van der Waals surface area contributed by atoms with Gasteiger partial charge in [0, 0.05) is 11.1 Å². The summed E-state index contributed by atoms with van der Waals surface area (Å²) in [6.07, 6.45) is 1.71. The average molecular weight is 218 g/mol. The molecule has 0 unspecified atom stereocenters. The standard InChI is InChI=1S/C11H10N2OS/c1-2-8-4-6-14-10(8)9(3-1)13-11-12-5-7-15-11/h1-4,6H,5,7H2,(H,12,13). The lowest BCUT2D eigenvalue weighted by Crippen LogP contribution is -2.04. The molecular weight excluding hydrogens is 208 g/mol. The summed E-state index contributed by atoms with van der Waals surface area (Å²) in [5, 5.41) is 5.39. The molecule has 0 saturated heterocycles. The zero-order valence-corrected chi connectivity index (χ0v) is 8.88. The number of hydrogen-bond acceptors (Lipinski definition) is 4. The van der Waals surface area contributed by atoms with Gasteiger partial charge < -0.3 is 9.73 Å². The smallest absolute Gasteiger partial charge is 0.161 e. The molecule has 2 heterocycles. The minimum atomic E-state index is 0.896. The molecule has 0 saturated carbocycles. The van der Waals surface area contributed by atoms with Gasteiger partial charge in [-0.3, -0.25) is 4.99 Å². The molecular formula is C11H10N2OS. The van der Waals surface area contributed by atoms with Crippen LogP contribution in [-0.2, 0) is 0 Å². The normalized spacial score (nSPS) is 15.6. The molecule has 0 aliphatic carbocycles. The van der Waals surface area contributed by atoms with E-state index in [1.54, 1.807) is 18.0 Å². The van der Waals surface area contributed by atoms with Crippen molar-refractivity contribution in [2.45, 2.75) is 0 Å². The van der Waals surface area contributed by atoms with Crippen molar-refractivity contribution in [2.75, 3.05) is 17.6 Å². The maximum absolute atomic E-state index is 5.43. The summed E-state index contributed by atoms with van der Waals surface area (Å²) in [5.74, 6) is 1.07. The Hall–Kier alpha value is -1.42. The van der Waals surface area contributed by atoms with Crippen LogP contribution in [0.15, 0.2) is 39.9 Å². The Morgan fingerprint density at radius 3 is 3.20 bits per heavy atom. The predicted octanol–water partition coefficient (Wildman–Crippen LogP) is 2.95. The highest BCUT2D eigenvalue weighted by molar-refractivity contribution is 8.14. The second-order valence-electron chi connectivity index (χ2n) is 3.30. The van der Waals surface area contributed by atoms with Gasteiger partial charge in [0.2, 0.25) is 0 Å². The first-order chi connectivity index (χ1) is 7.43. The van der Waals surface area contributed by atoms with Crippen molar-refractivity contribution in [1.29, 1.82) is 0 Å². The van der Waals surface area contributed by atoms with Crippen molar-refractivity contribution >= 4 is 33.6 Å². The lowest BCUT2D eigenvalue weighted by molar-refractivity contribution is 0.617. The van der Waals surface area contributed by atoms with Crippen molar-refractivity contribution < 1.29 is 4.42 Å². The third-order valence-corrected chi connectivity index (χ3v) is 3.20. The highest BCUT2D eigenvalue weighted by atomic mass is 32.2. The van der Waals surface area contributed by atoms with Gasteiger partial charge in [0.05, 0.1) is 18.5 Å². The van der Waals surface area contributed by atoms with Crippen molar-refractivity contribution in [3.63, 3.8) is 0 Å². The molecule has 0 atom stereocenters. The second-order valence-corrected chi connectivity index (χ2v) is 4.39. The van der Waals surface area contributed by atoms with Crippen LogP contribution >= 0.6 is 11.8 Å². The number of benzene rings is 1. The Balaban J connectivity index is 1.99. The molecule has 1 aliphatic rings. The van der Waals surface area contributed by atoms with Crippen molar-refractivity contribution in [2.24, 2.45) is 4.99 Å². The molecule has 0 bridgehead atoms. The molecule has 0 amide bonds. The van der Waals surface area contributed by atoms with Gasteiger partial charge in [0.25, 0.3) is 0 Å². The highest BCUT2D eigenvalue weighted by Crippen LogP contribution is 2.25. The van der Waals surface area contributed by atoms with E-state index >= 15 is 0 Å². The molecule has 1 N–H and O–H groups in total. The van der Waals surface area contributed by atoms with Gasteiger partial charge >= 0.3 is 0 Å². The van der Waals surface area contributed by atoms with E-state index in [0.29, 0.717) is 0 Å². The quantitative estimate of drug-likeness (QED) is 0.799. The zero-order valence-electron chi connectivity index (χ0n) is 8.06. The summed E-state index contributed by atoms with van der Waals surface area (Å²) < 4.78 is 5.43. The minimum absolute atomic E-state index is 0.896. The van der Waals surface area contributed by atoms with Crippen LogP contribution in [0.1, 0.15) is 0 Å². The van der Waals surface area contributed by atoms with Crippen molar-refractivity contribution in [1.82, 2.24) is 0 Å².